The standard InChI is InChI=1S/C12H16BrNO2/c1-8-5-11(13)4-3-10(8)6-12(16)14-9(2)7-15/h3-5,9,15H,6-7H2,1-2H3,(H,14,16). The summed E-state index contributed by atoms with van der Waals surface area (Å²) in [4.78, 5) is 11.6. The van der Waals surface area contributed by atoms with Crippen molar-refractivity contribution in [2.75, 3.05) is 6.61 Å². The van der Waals surface area contributed by atoms with Crippen molar-refractivity contribution in [2.24, 2.45) is 0 Å². The lowest BCUT2D eigenvalue weighted by atomic mass is 10.1. The first-order valence-corrected chi connectivity index (χ1v) is 5.97. The summed E-state index contributed by atoms with van der Waals surface area (Å²) in [7, 11) is 0. The van der Waals surface area contributed by atoms with Gasteiger partial charge in [-0.05, 0) is 37.1 Å². The highest BCUT2D eigenvalue weighted by atomic mass is 79.9. The quantitative estimate of drug-likeness (QED) is 0.886. The van der Waals surface area contributed by atoms with Crippen molar-refractivity contribution in [1.29, 1.82) is 0 Å². The summed E-state index contributed by atoms with van der Waals surface area (Å²) in [5.41, 5.74) is 2.09. The van der Waals surface area contributed by atoms with E-state index < -0.39 is 0 Å². The van der Waals surface area contributed by atoms with Gasteiger partial charge in [0.15, 0.2) is 0 Å². The molecule has 88 valence electrons. The topological polar surface area (TPSA) is 49.3 Å². The maximum absolute atomic E-state index is 11.6. The molecule has 0 spiro atoms. The fourth-order valence-electron chi connectivity index (χ4n) is 1.40. The van der Waals surface area contributed by atoms with Gasteiger partial charge in [-0.2, -0.15) is 0 Å². The molecule has 0 fully saturated rings. The molecule has 0 aromatic heterocycles. The van der Waals surface area contributed by atoms with Crippen LogP contribution in [0.25, 0.3) is 0 Å². The summed E-state index contributed by atoms with van der Waals surface area (Å²) in [5, 5.41) is 11.5. The minimum Gasteiger partial charge on any atom is -0.394 e. The lowest BCUT2D eigenvalue weighted by molar-refractivity contribution is -0.121. The van der Waals surface area contributed by atoms with Gasteiger partial charge < -0.3 is 10.4 Å². The largest absolute Gasteiger partial charge is 0.394 e. The number of hydrogen-bond donors (Lipinski definition) is 2. The number of aryl methyl sites for hydroxylation is 1. The molecule has 0 aliphatic carbocycles. The van der Waals surface area contributed by atoms with Crippen LogP contribution in [0.15, 0.2) is 22.7 Å². The van der Waals surface area contributed by atoms with Crippen molar-refractivity contribution in [3.63, 3.8) is 0 Å². The van der Waals surface area contributed by atoms with E-state index >= 15 is 0 Å². The lowest BCUT2D eigenvalue weighted by Crippen LogP contribution is -2.36. The first-order chi connectivity index (χ1) is 7.52. The fraction of sp³-hybridized carbons (Fsp3) is 0.417. The summed E-state index contributed by atoms with van der Waals surface area (Å²) in [6, 6.07) is 5.65. The molecular formula is C12H16BrNO2. The first kappa shape index (κ1) is 13.2. The van der Waals surface area contributed by atoms with Crippen LogP contribution in [0.5, 0.6) is 0 Å². The van der Waals surface area contributed by atoms with Crippen LogP contribution in [0.2, 0.25) is 0 Å². The van der Waals surface area contributed by atoms with Crippen molar-refractivity contribution in [2.45, 2.75) is 26.3 Å². The van der Waals surface area contributed by atoms with Crippen LogP contribution in [0.4, 0.5) is 0 Å². The predicted molar refractivity (Wildman–Crippen MR) is 67.3 cm³/mol. The Labute approximate surface area is 104 Å². The van der Waals surface area contributed by atoms with Crippen molar-refractivity contribution in [1.82, 2.24) is 5.32 Å². The maximum Gasteiger partial charge on any atom is 0.224 e. The van der Waals surface area contributed by atoms with E-state index in [1.807, 2.05) is 25.1 Å². The van der Waals surface area contributed by atoms with E-state index in [9.17, 15) is 4.79 Å². The normalized spacial score (nSPS) is 12.2. The summed E-state index contributed by atoms with van der Waals surface area (Å²) >= 11 is 3.38. The van der Waals surface area contributed by atoms with Gasteiger partial charge in [0.05, 0.1) is 13.0 Å². The van der Waals surface area contributed by atoms with Crippen LogP contribution in [0.1, 0.15) is 18.1 Å². The fourth-order valence-corrected chi connectivity index (χ4v) is 1.88. The van der Waals surface area contributed by atoms with Gasteiger partial charge in [0.1, 0.15) is 0 Å². The number of carbonyl (C=O) groups excluding carboxylic acids is 1. The molecule has 3 nitrogen and oxygen atoms in total. The van der Waals surface area contributed by atoms with Gasteiger partial charge in [-0.15, -0.1) is 0 Å². The molecule has 0 aliphatic rings. The third kappa shape index (κ3) is 3.94. The zero-order chi connectivity index (χ0) is 12.1. The molecule has 16 heavy (non-hydrogen) atoms. The molecule has 0 aliphatic heterocycles. The number of benzene rings is 1. The molecule has 1 rings (SSSR count). The van der Waals surface area contributed by atoms with Crippen molar-refractivity contribution < 1.29 is 9.90 Å². The van der Waals surface area contributed by atoms with E-state index in [2.05, 4.69) is 21.2 Å². The number of rotatable bonds is 4. The van der Waals surface area contributed by atoms with Crippen molar-refractivity contribution >= 4 is 21.8 Å². The molecule has 0 heterocycles. The molecule has 1 aromatic carbocycles. The van der Waals surface area contributed by atoms with Crippen LogP contribution in [0, 0.1) is 6.92 Å². The van der Waals surface area contributed by atoms with E-state index in [4.69, 9.17) is 5.11 Å². The number of carbonyl (C=O) groups is 1. The molecule has 0 radical (unpaired) electrons. The molecule has 4 heteroatoms. The van der Waals surface area contributed by atoms with Crippen LogP contribution in [0.3, 0.4) is 0 Å². The predicted octanol–water partition coefficient (Wildman–Crippen LogP) is 1.80. The third-order valence-corrected chi connectivity index (χ3v) is 2.83. The zero-order valence-electron chi connectivity index (χ0n) is 9.46. The molecule has 1 aromatic rings. The molecule has 1 amide bonds. The number of aliphatic hydroxyl groups excluding tert-OH is 1. The Morgan fingerprint density at radius 1 is 1.56 bits per heavy atom. The monoisotopic (exact) mass is 285 g/mol. The number of nitrogens with one attached hydrogen (secondary N) is 1. The molecular weight excluding hydrogens is 270 g/mol. The van der Waals surface area contributed by atoms with Crippen molar-refractivity contribution in [3.05, 3.63) is 33.8 Å². The van der Waals surface area contributed by atoms with Gasteiger partial charge in [0, 0.05) is 10.5 Å². The Balaban J connectivity index is 2.63. The average Bonchev–Trinajstić information content (AvgIpc) is 2.22. The van der Waals surface area contributed by atoms with Gasteiger partial charge in [-0.1, -0.05) is 22.0 Å². The van der Waals surface area contributed by atoms with Gasteiger partial charge in [-0.3, -0.25) is 4.79 Å². The number of hydrogen-bond acceptors (Lipinski definition) is 2. The smallest absolute Gasteiger partial charge is 0.224 e. The zero-order valence-corrected chi connectivity index (χ0v) is 11.0. The molecule has 0 bridgehead atoms. The second kappa shape index (κ2) is 6.01. The second-order valence-electron chi connectivity index (χ2n) is 3.90. The highest BCUT2D eigenvalue weighted by Crippen LogP contribution is 2.16. The van der Waals surface area contributed by atoms with Gasteiger partial charge in [-0.25, -0.2) is 0 Å². The van der Waals surface area contributed by atoms with E-state index in [0.717, 1.165) is 15.6 Å². The van der Waals surface area contributed by atoms with Gasteiger partial charge >= 0.3 is 0 Å². The lowest BCUT2D eigenvalue weighted by Gasteiger charge is -2.11. The van der Waals surface area contributed by atoms with Gasteiger partial charge in [0.25, 0.3) is 0 Å². The Morgan fingerprint density at radius 2 is 2.25 bits per heavy atom. The van der Waals surface area contributed by atoms with Crippen molar-refractivity contribution in [3.8, 4) is 0 Å². The Bertz CT molecular complexity index is 379. The second-order valence-corrected chi connectivity index (χ2v) is 4.81. The summed E-state index contributed by atoms with van der Waals surface area (Å²) < 4.78 is 1.01. The highest BCUT2D eigenvalue weighted by molar-refractivity contribution is 9.10. The minimum absolute atomic E-state index is 0.0366. The molecule has 1 atom stereocenters. The number of aliphatic hydroxyl groups is 1. The SMILES string of the molecule is Cc1cc(Br)ccc1CC(=O)NC(C)CO. The molecule has 0 saturated heterocycles. The Hall–Kier alpha value is -0.870. The molecule has 2 N–H and O–H groups in total. The average molecular weight is 286 g/mol. The molecule has 0 saturated carbocycles. The number of amides is 1. The van der Waals surface area contributed by atoms with Crippen LogP contribution >= 0.6 is 15.9 Å². The highest BCUT2D eigenvalue weighted by Gasteiger charge is 2.08. The third-order valence-electron chi connectivity index (χ3n) is 2.34. The Morgan fingerprint density at radius 3 is 2.81 bits per heavy atom. The van der Waals surface area contributed by atoms with Crippen LogP contribution in [-0.4, -0.2) is 23.7 Å². The van der Waals surface area contributed by atoms with E-state index in [1.54, 1.807) is 6.92 Å². The summed E-state index contributed by atoms with van der Waals surface area (Å²) in [6.07, 6.45) is 0.351. The van der Waals surface area contributed by atoms with E-state index in [0.29, 0.717) is 6.42 Å². The van der Waals surface area contributed by atoms with Crippen LogP contribution < -0.4 is 5.32 Å². The molecule has 1 unspecified atom stereocenters. The van der Waals surface area contributed by atoms with E-state index in [1.165, 1.54) is 0 Å². The van der Waals surface area contributed by atoms with Crippen LogP contribution in [-0.2, 0) is 11.2 Å². The van der Waals surface area contributed by atoms with E-state index in [-0.39, 0.29) is 18.6 Å². The number of halogens is 1. The summed E-state index contributed by atoms with van der Waals surface area (Å²) in [5.74, 6) is -0.0630. The summed E-state index contributed by atoms with van der Waals surface area (Å²) in [6.45, 7) is 3.71. The first-order valence-electron chi connectivity index (χ1n) is 5.18. The van der Waals surface area contributed by atoms with Gasteiger partial charge in [0.2, 0.25) is 5.91 Å². The maximum atomic E-state index is 11.6. The minimum atomic E-state index is -0.191. The Kier molecular flexibility index (Phi) is 4.96.